The summed E-state index contributed by atoms with van der Waals surface area (Å²) in [6.07, 6.45) is 5.54. The van der Waals surface area contributed by atoms with Crippen molar-refractivity contribution in [2.45, 2.75) is 13.8 Å². The number of hydrogen-bond donors (Lipinski definition) is 1. The van der Waals surface area contributed by atoms with E-state index < -0.39 is 0 Å². The van der Waals surface area contributed by atoms with Crippen LogP contribution >= 0.6 is 11.6 Å². The van der Waals surface area contributed by atoms with Gasteiger partial charge >= 0.3 is 0 Å². The first-order chi connectivity index (χ1) is 12.5. The summed E-state index contributed by atoms with van der Waals surface area (Å²) < 4.78 is 0. The Kier molecular flexibility index (Phi) is 5.19. The highest BCUT2D eigenvalue weighted by Crippen LogP contribution is 2.26. The Morgan fingerprint density at radius 3 is 2.58 bits per heavy atom. The van der Waals surface area contributed by atoms with Gasteiger partial charge < -0.3 is 5.73 Å². The van der Waals surface area contributed by atoms with E-state index in [4.69, 9.17) is 22.3 Å². The van der Waals surface area contributed by atoms with Gasteiger partial charge in [-0.25, -0.2) is 9.98 Å². The fourth-order valence-corrected chi connectivity index (χ4v) is 2.93. The first-order valence-corrected chi connectivity index (χ1v) is 8.67. The van der Waals surface area contributed by atoms with Crippen LogP contribution in [-0.4, -0.2) is 10.7 Å². The molecule has 0 fully saturated rings. The number of aliphatic imine (C=N–C) groups is 1. The minimum atomic E-state index is 0.531. The molecule has 26 heavy (non-hydrogen) atoms. The standard InChI is InChI=1S/C22H20ClN3/c1-14-12-13-20(26-21(14)17-8-5-4-6-9-17)16(3)25-22-18(15(2)24)10-7-11-19(22)23/h4-13H,3,24H2,1-2H3/b18-15-,25-22+. The summed E-state index contributed by atoms with van der Waals surface area (Å²) in [6.45, 7) is 7.95. The molecule has 0 saturated carbocycles. The number of aryl methyl sites for hydroxylation is 1. The Morgan fingerprint density at radius 1 is 1.15 bits per heavy atom. The highest BCUT2D eigenvalue weighted by atomic mass is 35.5. The second kappa shape index (κ2) is 7.54. The van der Waals surface area contributed by atoms with Crippen molar-refractivity contribution in [1.82, 2.24) is 4.98 Å². The van der Waals surface area contributed by atoms with Crippen LogP contribution in [0, 0.1) is 6.92 Å². The molecule has 0 unspecified atom stereocenters. The molecule has 1 aromatic carbocycles. The summed E-state index contributed by atoms with van der Waals surface area (Å²) in [6, 6.07) is 14.0. The number of rotatable bonds is 3. The maximum Gasteiger partial charge on any atom is 0.0913 e. The summed E-state index contributed by atoms with van der Waals surface area (Å²) >= 11 is 6.33. The molecule has 0 spiro atoms. The molecular weight excluding hydrogens is 342 g/mol. The molecule has 2 aromatic rings. The molecule has 1 aliphatic rings. The molecule has 0 saturated heterocycles. The fraction of sp³-hybridized carbons (Fsp3) is 0.0909. The van der Waals surface area contributed by atoms with E-state index in [1.165, 1.54) is 0 Å². The van der Waals surface area contributed by atoms with Crippen LogP contribution in [0.1, 0.15) is 18.2 Å². The summed E-state index contributed by atoms with van der Waals surface area (Å²) in [5.74, 6) is 0. The predicted molar refractivity (Wildman–Crippen MR) is 111 cm³/mol. The van der Waals surface area contributed by atoms with E-state index in [9.17, 15) is 0 Å². The van der Waals surface area contributed by atoms with E-state index in [2.05, 4.69) is 11.6 Å². The highest BCUT2D eigenvalue weighted by molar-refractivity contribution is 6.47. The maximum atomic E-state index is 6.33. The van der Waals surface area contributed by atoms with E-state index in [1.807, 2.05) is 68.5 Å². The van der Waals surface area contributed by atoms with Crippen LogP contribution in [-0.2, 0) is 0 Å². The van der Waals surface area contributed by atoms with Gasteiger partial charge in [0, 0.05) is 16.8 Å². The van der Waals surface area contributed by atoms with E-state index in [0.717, 1.165) is 22.4 Å². The lowest BCUT2D eigenvalue weighted by atomic mass is 10.0. The van der Waals surface area contributed by atoms with Gasteiger partial charge in [-0.05, 0) is 31.6 Å². The topological polar surface area (TPSA) is 51.3 Å². The third-order valence-corrected chi connectivity index (χ3v) is 4.40. The van der Waals surface area contributed by atoms with Crippen LogP contribution in [0.3, 0.4) is 0 Å². The molecule has 0 aliphatic heterocycles. The second-order valence-electron chi connectivity index (χ2n) is 6.11. The molecule has 130 valence electrons. The fourth-order valence-electron chi connectivity index (χ4n) is 2.72. The van der Waals surface area contributed by atoms with Crippen LogP contribution in [0.4, 0.5) is 0 Å². The van der Waals surface area contributed by atoms with E-state index >= 15 is 0 Å². The summed E-state index contributed by atoms with van der Waals surface area (Å²) in [7, 11) is 0. The Bertz CT molecular complexity index is 976. The molecule has 1 heterocycles. The van der Waals surface area contributed by atoms with Crippen LogP contribution in [0.25, 0.3) is 17.0 Å². The summed E-state index contributed by atoms with van der Waals surface area (Å²) in [4.78, 5) is 9.39. The molecule has 3 nitrogen and oxygen atoms in total. The lowest BCUT2D eigenvalue weighted by molar-refractivity contribution is 1.22. The lowest BCUT2D eigenvalue weighted by Crippen LogP contribution is -2.11. The highest BCUT2D eigenvalue weighted by Gasteiger charge is 2.15. The van der Waals surface area contributed by atoms with E-state index in [1.54, 1.807) is 6.08 Å². The molecule has 2 N–H and O–H groups in total. The quantitative estimate of drug-likeness (QED) is 0.796. The minimum absolute atomic E-state index is 0.531. The van der Waals surface area contributed by atoms with E-state index in [0.29, 0.717) is 27.8 Å². The van der Waals surface area contributed by atoms with Gasteiger partial charge in [0.1, 0.15) is 0 Å². The van der Waals surface area contributed by atoms with Crippen molar-refractivity contribution >= 4 is 23.0 Å². The third-order valence-electron chi connectivity index (χ3n) is 4.10. The number of nitrogens with two attached hydrogens (primary N) is 1. The summed E-state index contributed by atoms with van der Waals surface area (Å²) in [5.41, 5.74) is 12.4. The van der Waals surface area contributed by atoms with Crippen molar-refractivity contribution in [2.24, 2.45) is 10.7 Å². The van der Waals surface area contributed by atoms with Gasteiger partial charge in [-0.1, -0.05) is 66.7 Å². The average Bonchev–Trinajstić information content (AvgIpc) is 2.64. The summed E-state index contributed by atoms with van der Waals surface area (Å²) in [5, 5.41) is 0.531. The van der Waals surface area contributed by atoms with Gasteiger partial charge in [-0.2, -0.15) is 0 Å². The largest absolute Gasteiger partial charge is 0.402 e. The Hall–Kier alpha value is -2.91. The number of halogens is 1. The van der Waals surface area contributed by atoms with Crippen LogP contribution in [0.5, 0.6) is 0 Å². The second-order valence-corrected chi connectivity index (χ2v) is 6.51. The Labute approximate surface area is 158 Å². The van der Waals surface area contributed by atoms with Crippen molar-refractivity contribution in [1.29, 1.82) is 0 Å². The number of aromatic nitrogens is 1. The Morgan fingerprint density at radius 2 is 1.88 bits per heavy atom. The molecule has 4 heteroatoms. The SMILES string of the molecule is C=C(/N=C1/C(Cl)=CC=C/C1=C(\C)N)c1ccc(C)c(-c2ccccc2)n1. The van der Waals surface area contributed by atoms with Gasteiger partial charge in [0.15, 0.2) is 0 Å². The van der Waals surface area contributed by atoms with Crippen molar-refractivity contribution in [2.75, 3.05) is 0 Å². The molecule has 0 radical (unpaired) electrons. The molecular formula is C22H20ClN3. The van der Waals surface area contributed by atoms with Crippen LogP contribution in [0.2, 0.25) is 0 Å². The first-order valence-electron chi connectivity index (χ1n) is 8.29. The van der Waals surface area contributed by atoms with Crippen molar-refractivity contribution in [3.05, 3.63) is 94.8 Å². The Balaban J connectivity index is 2.02. The number of pyridine rings is 1. The molecule has 1 aliphatic carbocycles. The zero-order chi connectivity index (χ0) is 18.7. The first kappa shape index (κ1) is 17.9. The van der Waals surface area contributed by atoms with Gasteiger partial charge in [0.05, 0.1) is 27.8 Å². The lowest BCUT2D eigenvalue weighted by Gasteiger charge is -2.13. The monoisotopic (exact) mass is 361 g/mol. The number of nitrogens with zero attached hydrogens (tertiary/aromatic N) is 2. The molecule has 3 rings (SSSR count). The van der Waals surface area contributed by atoms with Crippen LogP contribution in [0.15, 0.2) is 88.6 Å². The number of benzene rings is 1. The molecule has 1 aromatic heterocycles. The normalized spacial score (nSPS) is 17.2. The smallest absolute Gasteiger partial charge is 0.0913 e. The van der Waals surface area contributed by atoms with Crippen molar-refractivity contribution < 1.29 is 0 Å². The van der Waals surface area contributed by atoms with Crippen molar-refractivity contribution in [3.8, 4) is 11.3 Å². The predicted octanol–water partition coefficient (Wildman–Crippen LogP) is 5.39. The number of allylic oxidation sites excluding steroid dienone is 6. The minimum Gasteiger partial charge on any atom is -0.402 e. The molecule has 0 bridgehead atoms. The van der Waals surface area contributed by atoms with Gasteiger partial charge in [-0.15, -0.1) is 0 Å². The maximum absolute atomic E-state index is 6.33. The van der Waals surface area contributed by atoms with Gasteiger partial charge in [0.25, 0.3) is 0 Å². The van der Waals surface area contributed by atoms with Gasteiger partial charge in [0.2, 0.25) is 0 Å². The molecule has 0 amide bonds. The van der Waals surface area contributed by atoms with E-state index in [-0.39, 0.29) is 0 Å². The zero-order valence-electron chi connectivity index (χ0n) is 14.8. The average molecular weight is 362 g/mol. The van der Waals surface area contributed by atoms with Crippen molar-refractivity contribution in [3.63, 3.8) is 0 Å². The van der Waals surface area contributed by atoms with Gasteiger partial charge in [-0.3, -0.25) is 0 Å². The zero-order valence-corrected chi connectivity index (χ0v) is 15.6. The molecule has 0 atom stereocenters. The van der Waals surface area contributed by atoms with Crippen LogP contribution < -0.4 is 5.73 Å². The third kappa shape index (κ3) is 3.68. The number of hydrogen-bond acceptors (Lipinski definition) is 3.